The second-order valence-corrected chi connectivity index (χ2v) is 7.60. The lowest BCUT2D eigenvalue weighted by molar-refractivity contribution is 0.0688. The number of nitrogens with zero attached hydrogens (tertiary/aromatic N) is 3. The SMILES string of the molecule is CC(C)c1c(C(=O)O)nnn1CCS(=O)(=O)C(C)C. The summed E-state index contributed by atoms with van der Waals surface area (Å²) in [6.45, 7) is 6.98. The number of carboxylic acid groups (broad SMARTS) is 1. The molecule has 108 valence electrons. The zero-order valence-corrected chi connectivity index (χ0v) is 12.3. The summed E-state index contributed by atoms with van der Waals surface area (Å²) in [6, 6.07) is 0. The highest BCUT2D eigenvalue weighted by Gasteiger charge is 2.23. The smallest absolute Gasteiger partial charge is 0.358 e. The Hall–Kier alpha value is -1.44. The molecule has 0 aliphatic rings. The molecule has 7 nitrogen and oxygen atoms in total. The Balaban J connectivity index is 3.00. The molecule has 0 spiro atoms. The first-order chi connectivity index (χ1) is 8.66. The minimum absolute atomic E-state index is 0.0766. The van der Waals surface area contributed by atoms with Crippen molar-refractivity contribution < 1.29 is 18.3 Å². The molecule has 0 fully saturated rings. The van der Waals surface area contributed by atoms with Crippen LogP contribution in [0.3, 0.4) is 0 Å². The minimum Gasteiger partial charge on any atom is -0.476 e. The Morgan fingerprint density at radius 2 is 1.89 bits per heavy atom. The molecule has 0 bridgehead atoms. The van der Waals surface area contributed by atoms with Crippen LogP contribution in [0.15, 0.2) is 0 Å². The van der Waals surface area contributed by atoms with Gasteiger partial charge in [-0.05, 0) is 19.8 Å². The third kappa shape index (κ3) is 3.52. The van der Waals surface area contributed by atoms with E-state index in [1.54, 1.807) is 13.8 Å². The lowest BCUT2D eigenvalue weighted by atomic mass is 10.1. The largest absolute Gasteiger partial charge is 0.476 e. The van der Waals surface area contributed by atoms with Crippen LogP contribution in [0.4, 0.5) is 0 Å². The van der Waals surface area contributed by atoms with Crippen molar-refractivity contribution in [2.75, 3.05) is 5.75 Å². The molecule has 1 aromatic heterocycles. The number of hydrogen-bond donors (Lipinski definition) is 1. The maximum atomic E-state index is 11.7. The Bertz CT molecular complexity index is 560. The molecule has 8 heteroatoms. The molecule has 0 saturated heterocycles. The topological polar surface area (TPSA) is 102 Å². The molecule has 0 atom stereocenters. The highest BCUT2D eigenvalue weighted by molar-refractivity contribution is 7.91. The normalized spacial score (nSPS) is 12.3. The third-order valence-corrected chi connectivity index (χ3v) is 5.02. The fourth-order valence-electron chi connectivity index (χ4n) is 1.66. The van der Waals surface area contributed by atoms with E-state index in [1.807, 2.05) is 13.8 Å². The summed E-state index contributed by atoms with van der Waals surface area (Å²) in [6.07, 6.45) is 0. The van der Waals surface area contributed by atoms with Crippen LogP contribution in [0.25, 0.3) is 0 Å². The maximum absolute atomic E-state index is 11.7. The summed E-state index contributed by atoms with van der Waals surface area (Å²) >= 11 is 0. The van der Waals surface area contributed by atoms with Gasteiger partial charge in [0.2, 0.25) is 0 Å². The maximum Gasteiger partial charge on any atom is 0.358 e. The van der Waals surface area contributed by atoms with E-state index in [4.69, 9.17) is 5.11 Å². The number of carbonyl (C=O) groups is 1. The van der Waals surface area contributed by atoms with Crippen LogP contribution >= 0.6 is 0 Å². The number of aryl methyl sites for hydroxylation is 1. The van der Waals surface area contributed by atoms with Crippen molar-refractivity contribution in [1.82, 2.24) is 15.0 Å². The van der Waals surface area contributed by atoms with Crippen molar-refractivity contribution in [3.63, 3.8) is 0 Å². The molecular weight excluding hydrogens is 270 g/mol. The Morgan fingerprint density at radius 3 is 2.32 bits per heavy atom. The number of hydrogen-bond acceptors (Lipinski definition) is 5. The van der Waals surface area contributed by atoms with Crippen molar-refractivity contribution in [1.29, 1.82) is 0 Å². The summed E-state index contributed by atoms with van der Waals surface area (Å²) < 4.78 is 24.9. The molecule has 0 amide bonds. The summed E-state index contributed by atoms with van der Waals surface area (Å²) in [5, 5.41) is 15.9. The van der Waals surface area contributed by atoms with Gasteiger partial charge in [0.05, 0.1) is 23.2 Å². The Morgan fingerprint density at radius 1 is 1.32 bits per heavy atom. The van der Waals surface area contributed by atoms with Gasteiger partial charge in [-0.3, -0.25) is 0 Å². The van der Waals surface area contributed by atoms with Crippen LogP contribution in [0, 0.1) is 0 Å². The minimum atomic E-state index is -3.19. The fourth-order valence-corrected chi connectivity index (χ4v) is 2.56. The van der Waals surface area contributed by atoms with E-state index in [2.05, 4.69) is 10.3 Å². The van der Waals surface area contributed by atoms with E-state index >= 15 is 0 Å². The van der Waals surface area contributed by atoms with E-state index in [0.29, 0.717) is 5.69 Å². The molecule has 19 heavy (non-hydrogen) atoms. The number of carboxylic acids is 1. The first kappa shape index (κ1) is 15.6. The van der Waals surface area contributed by atoms with Gasteiger partial charge in [0.15, 0.2) is 15.5 Å². The quantitative estimate of drug-likeness (QED) is 0.835. The van der Waals surface area contributed by atoms with Crippen LogP contribution in [0.2, 0.25) is 0 Å². The van der Waals surface area contributed by atoms with Crippen LogP contribution < -0.4 is 0 Å². The number of aromatic carboxylic acids is 1. The van der Waals surface area contributed by atoms with Gasteiger partial charge in [0, 0.05) is 0 Å². The monoisotopic (exact) mass is 289 g/mol. The van der Waals surface area contributed by atoms with Gasteiger partial charge in [-0.1, -0.05) is 19.1 Å². The number of rotatable bonds is 6. The lowest BCUT2D eigenvalue weighted by Crippen LogP contribution is -2.22. The summed E-state index contributed by atoms with van der Waals surface area (Å²) in [4.78, 5) is 11.0. The van der Waals surface area contributed by atoms with E-state index in [-0.39, 0.29) is 23.9 Å². The van der Waals surface area contributed by atoms with Gasteiger partial charge in [0.25, 0.3) is 0 Å². The highest BCUT2D eigenvalue weighted by atomic mass is 32.2. The van der Waals surface area contributed by atoms with Crippen LogP contribution in [-0.4, -0.2) is 45.5 Å². The molecule has 0 saturated carbocycles. The van der Waals surface area contributed by atoms with Crippen molar-refractivity contribution in [2.24, 2.45) is 0 Å². The molecule has 0 aliphatic heterocycles. The first-order valence-corrected chi connectivity index (χ1v) is 7.76. The summed E-state index contributed by atoms with van der Waals surface area (Å²) in [5.41, 5.74) is 0.336. The van der Waals surface area contributed by atoms with Crippen molar-refractivity contribution in [3.05, 3.63) is 11.4 Å². The molecule has 0 unspecified atom stereocenters. The second-order valence-electron chi connectivity index (χ2n) is 4.92. The second kappa shape index (κ2) is 5.68. The molecule has 1 heterocycles. The third-order valence-electron chi connectivity index (χ3n) is 2.83. The standard InChI is InChI=1S/C11H19N3O4S/c1-7(2)10-9(11(15)16)12-13-14(10)5-6-19(17,18)8(3)4/h7-8H,5-6H2,1-4H3,(H,15,16). The summed E-state index contributed by atoms with van der Waals surface area (Å²) in [5.74, 6) is -1.32. The molecule has 1 N–H and O–H groups in total. The van der Waals surface area contributed by atoms with Gasteiger partial charge in [-0.2, -0.15) is 0 Å². The summed E-state index contributed by atoms with van der Waals surface area (Å²) in [7, 11) is -3.19. The predicted molar refractivity (Wildman–Crippen MR) is 70.0 cm³/mol. The van der Waals surface area contributed by atoms with Crippen LogP contribution in [-0.2, 0) is 16.4 Å². The molecule has 0 aliphatic carbocycles. The van der Waals surface area contributed by atoms with E-state index < -0.39 is 21.1 Å². The number of aromatic nitrogens is 3. The predicted octanol–water partition coefficient (Wildman–Crippen LogP) is 0.923. The number of sulfone groups is 1. The van der Waals surface area contributed by atoms with Crippen molar-refractivity contribution in [2.45, 2.75) is 45.4 Å². The van der Waals surface area contributed by atoms with Gasteiger partial charge in [-0.25, -0.2) is 17.9 Å². The van der Waals surface area contributed by atoms with E-state index in [9.17, 15) is 13.2 Å². The molecule has 1 aromatic rings. The van der Waals surface area contributed by atoms with Crippen LogP contribution in [0.5, 0.6) is 0 Å². The lowest BCUT2D eigenvalue weighted by Gasteiger charge is -2.11. The molecule has 0 aromatic carbocycles. The van der Waals surface area contributed by atoms with Gasteiger partial charge in [-0.15, -0.1) is 5.10 Å². The first-order valence-electron chi connectivity index (χ1n) is 6.05. The van der Waals surface area contributed by atoms with Crippen molar-refractivity contribution >= 4 is 15.8 Å². The van der Waals surface area contributed by atoms with Gasteiger partial charge in [0.1, 0.15) is 0 Å². The van der Waals surface area contributed by atoms with Gasteiger partial charge >= 0.3 is 5.97 Å². The van der Waals surface area contributed by atoms with E-state index in [0.717, 1.165) is 0 Å². The molecular formula is C11H19N3O4S. The Labute approximate surface area is 112 Å². The highest BCUT2D eigenvalue weighted by Crippen LogP contribution is 2.18. The fraction of sp³-hybridized carbons (Fsp3) is 0.727. The average molecular weight is 289 g/mol. The Kier molecular flexibility index (Phi) is 4.67. The molecule has 0 radical (unpaired) electrons. The van der Waals surface area contributed by atoms with Crippen LogP contribution in [0.1, 0.15) is 49.8 Å². The van der Waals surface area contributed by atoms with Crippen molar-refractivity contribution in [3.8, 4) is 0 Å². The van der Waals surface area contributed by atoms with E-state index in [1.165, 1.54) is 4.68 Å². The molecule has 1 rings (SSSR count). The zero-order chi connectivity index (χ0) is 14.8. The average Bonchev–Trinajstić information content (AvgIpc) is 2.70. The zero-order valence-electron chi connectivity index (χ0n) is 11.5. The van der Waals surface area contributed by atoms with Gasteiger partial charge < -0.3 is 5.11 Å².